The molecule has 0 aliphatic carbocycles. The molecule has 0 fully saturated rings. The largest absolute Gasteiger partial charge is 0.507 e. The lowest BCUT2D eigenvalue weighted by molar-refractivity contribution is -0.147. The third-order valence-electron chi connectivity index (χ3n) is 2.44. The fraction of sp³-hybridized carbons (Fsp3) is 0.364. The average molecular weight is 240 g/mol. The molecule has 0 bridgehead atoms. The van der Waals surface area contributed by atoms with E-state index < -0.39 is 12.1 Å². The van der Waals surface area contributed by atoms with E-state index in [1.807, 2.05) is 0 Å². The summed E-state index contributed by atoms with van der Waals surface area (Å²) in [4.78, 5) is 10.8. The highest BCUT2D eigenvalue weighted by molar-refractivity contribution is 5.77. The van der Waals surface area contributed by atoms with Gasteiger partial charge in [-0.3, -0.25) is 0 Å². The summed E-state index contributed by atoms with van der Waals surface area (Å²) in [5.41, 5.74) is -0.170. The highest BCUT2D eigenvalue weighted by Crippen LogP contribution is 2.41. The second kappa shape index (κ2) is 4.50. The SMILES string of the molecule is O=C(O)C(O)c1c(O)ccc2c1OCCCO2. The van der Waals surface area contributed by atoms with Crippen molar-refractivity contribution in [3.05, 3.63) is 17.7 Å². The zero-order valence-electron chi connectivity index (χ0n) is 8.92. The van der Waals surface area contributed by atoms with Gasteiger partial charge in [0.15, 0.2) is 17.6 Å². The summed E-state index contributed by atoms with van der Waals surface area (Å²) < 4.78 is 10.7. The number of carboxylic acid groups (broad SMARTS) is 1. The number of aliphatic hydroxyl groups excluding tert-OH is 1. The monoisotopic (exact) mass is 240 g/mol. The van der Waals surface area contributed by atoms with E-state index in [0.29, 0.717) is 25.4 Å². The van der Waals surface area contributed by atoms with Crippen LogP contribution in [0.4, 0.5) is 0 Å². The zero-order valence-corrected chi connectivity index (χ0v) is 8.92. The molecule has 3 N–H and O–H groups in total. The molecule has 1 aromatic rings. The number of rotatable bonds is 2. The van der Waals surface area contributed by atoms with Gasteiger partial charge in [-0.1, -0.05) is 0 Å². The lowest BCUT2D eigenvalue weighted by Crippen LogP contribution is -2.12. The van der Waals surface area contributed by atoms with Crippen molar-refractivity contribution in [2.45, 2.75) is 12.5 Å². The van der Waals surface area contributed by atoms with Crippen LogP contribution in [0.2, 0.25) is 0 Å². The summed E-state index contributed by atoms with van der Waals surface area (Å²) in [5, 5.41) is 27.9. The average Bonchev–Trinajstić information content (AvgIpc) is 2.53. The van der Waals surface area contributed by atoms with Crippen LogP contribution in [-0.2, 0) is 4.79 Å². The van der Waals surface area contributed by atoms with Crippen LogP contribution in [0.15, 0.2) is 12.1 Å². The second-order valence-electron chi connectivity index (χ2n) is 3.62. The van der Waals surface area contributed by atoms with Crippen molar-refractivity contribution in [2.75, 3.05) is 13.2 Å². The minimum absolute atomic E-state index is 0.0948. The van der Waals surface area contributed by atoms with E-state index in [1.165, 1.54) is 12.1 Å². The molecular weight excluding hydrogens is 228 g/mol. The summed E-state index contributed by atoms with van der Waals surface area (Å²) in [7, 11) is 0. The minimum Gasteiger partial charge on any atom is -0.507 e. The first-order valence-corrected chi connectivity index (χ1v) is 5.13. The normalized spacial score (nSPS) is 16.1. The van der Waals surface area contributed by atoms with Crippen LogP contribution in [0, 0.1) is 0 Å². The summed E-state index contributed by atoms with van der Waals surface area (Å²) >= 11 is 0. The Hall–Kier alpha value is -1.95. The molecule has 0 amide bonds. The maximum atomic E-state index is 10.8. The van der Waals surface area contributed by atoms with E-state index in [4.69, 9.17) is 14.6 Å². The van der Waals surface area contributed by atoms with Crippen molar-refractivity contribution in [3.63, 3.8) is 0 Å². The van der Waals surface area contributed by atoms with Crippen LogP contribution >= 0.6 is 0 Å². The van der Waals surface area contributed by atoms with Crippen LogP contribution in [0.3, 0.4) is 0 Å². The molecule has 2 rings (SSSR count). The number of phenols is 1. The Labute approximate surface area is 97.0 Å². The molecule has 1 aromatic carbocycles. The number of hydrogen-bond acceptors (Lipinski definition) is 5. The highest BCUT2D eigenvalue weighted by Gasteiger charge is 2.28. The molecule has 6 heteroatoms. The van der Waals surface area contributed by atoms with Gasteiger partial charge in [-0.25, -0.2) is 4.79 Å². The number of phenolic OH excluding ortho intramolecular Hbond substituents is 1. The van der Waals surface area contributed by atoms with Crippen molar-refractivity contribution in [3.8, 4) is 17.2 Å². The molecule has 1 heterocycles. The molecular formula is C11H12O6. The summed E-state index contributed by atoms with van der Waals surface area (Å²) in [6.45, 7) is 0.788. The van der Waals surface area contributed by atoms with Gasteiger partial charge in [-0.05, 0) is 12.1 Å². The van der Waals surface area contributed by atoms with Gasteiger partial charge in [-0.2, -0.15) is 0 Å². The summed E-state index contributed by atoms with van der Waals surface area (Å²) in [6.07, 6.45) is -1.19. The Bertz CT molecular complexity index is 442. The van der Waals surface area contributed by atoms with Gasteiger partial charge < -0.3 is 24.8 Å². The first-order valence-electron chi connectivity index (χ1n) is 5.13. The number of aromatic hydroxyl groups is 1. The number of aliphatic hydroxyl groups is 1. The Balaban J connectivity index is 2.52. The van der Waals surface area contributed by atoms with Gasteiger partial charge in [0.1, 0.15) is 5.75 Å². The maximum Gasteiger partial charge on any atom is 0.337 e. The van der Waals surface area contributed by atoms with Crippen LogP contribution in [0.25, 0.3) is 0 Å². The van der Waals surface area contributed by atoms with Gasteiger partial charge in [0.05, 0.1) is 18.8 Å². The van der Waals surface area contributed by atoms with Gasteiger partial charge >= 0.3 is 5.97 Å². The number of hydrogen-bond donors (Lipinski definition) is 3. The fourth-order valence-electron chi connectivity index (χ4n) is 1.63. The third-order valence-corrected chi connectivity index (χ3v) is 2.44. The Morgan fingerprint density at radius 1 is 1.29 bits per heavy atom. The van der Waals surface area contributed by atoms with E-state index in [-0.39, 0.29) is 17.1 Å². The highest BCUT2D eigenvalue weighted by atomic mass is 16.5. The number of fused-ring (bicyclic) bond motifs is 1. The number of carboxylic acids is 1. The Morgan fingerprint density at radius 2 is 2.00 bits per heavy atom. The molecule has 1 aliphatic rings. The molecule has 6 nitrogen and oxygen atoms in total. The number of benzene rings is 1. The number of aliphatic carboxylic acids is 1. The molecule has 1 atom stereocenters. The molecule has 1 unspecified atom stereocenters. The van der Waals surface area contributed by atoms with E-state index in [9.17, 15) is 15.0 Å². The standard InChI is InChI=1S/C11H12O6/c12-6-2-3-7-10(17-5-1-4-16-7)8(6)9(13)11(14)15/h2-3,9,12-13H,1,4-5H2,(H,14,15). The number of carbonyl (C=O) groups is 1. The van der Waals surface area contributed by atoms with E-state index >= 15 is 0 Å². The Kier molecular flexibility index (Phi) is 3.06. The van der Waals surface area contributed by atoms with Crippen molar-refractivity contribution >= 4 is 5.97 Å². The smallest absolute Gasteiger partial charge is 0.337 e. The van der Waals surface area contributed by atoms with Crippen molar-refractivity contribution < 1.29 is 29.6 Å². The molecule has 0 radical (unpaired) electrons. The summed E-state index contributed by atoms with van der Waals surface area (Å²) in [6, 6.07) is 2.75. The topological polar surface area (TPSA) is 96.2 Å². The van der Waals surface area contributed by atoms with E-state index in [2.05, 4.69) is 0 Å². The van der Waals surface area contributed by atoms with E-state index in [0.717, 1.165) is 0 Å². The number of ether oxygens (including phenoxy) is 2. The quantitative estimate of drug-likeness (QED) is 0.703. The third kappa shape index (κ3) is 2.12. The fourth-order valence-corrected chi connectivity index (χ4v) is 1.63. The van der Waals surface area contributed by atoms with Crippen LogP contribution < -0.4 is 9.47 Å². The first kappa shape index (κ1) is 11.5. The predicted octanol–water partition coefficient (Wildman–Crippen LogP) is 0.671. The lowest BCUT2D eigenvalue weighted by Gasteiger charge is -2.15. The predicted molar refractivity (Wildman–Crippen MR) is 56.3 cm³/mol. The van der Waals surface area contributed by atoms with Gasteiger partial charge in [0.25, 0.3) is 0 Å². The van der Waals surface area contributed by atoms with Crippen molar-refractivity contribution in [1.82, 2.24) is 0 Å². The minimum atomic E-state index is -1.84. The van der Waals surface area contributed by atoms with Crippen molar-refractivity contribution in [1.29, 1.82) is 0 Å². The zero-order chi connectivity index (χ0) is 12.4. The molecule has 92 valence electrons. The molecule has 17 heavy (non-hydrogen) atoms. The molecule has 0 saturated heterocycles. The van der Waals surface area contributed by atoms with Crippen LogP contribution in [0.5, 0.6) is 17.2 Å². The van der Waals surface area contributed by atoms with Crippen LogP contribution in [-0.4, -0.2) is 34.5 Å². The molecule has 0 saturated carbocycles. The summed E-state index contributed by atoms with van der Waals surface area (Å²) in [5.74, 6) is -1.36. The van der Waals surface area contributed by atoms with Crippen LogP contribution in [0.1, 0.15) is 18.1 Å². The molecule has 1 aliphatic heterocycles. The Morgan fingerprint density at radius 3 is 2.71 bits per heavy atom. The molecule has 0 aromatic heterocycles. The van der Waals surface area contributed by atoms with Crippen molar-refractivity contribution in [2.24, 2.45) is 0 Å². The van der Waals surface area contributed by atoms with E-state index in [1.54, 1.807) is 0 Å². The second-order valence-corrected chi connectivity index (χ2v) is 3.62. The van der Waals surface area contributed by atoms with Gasteiger partial charge in [0, 0.05) is 6.42 Å². The first-order chi connectivity index (χ1) is 8.11. The maximum absolute atomic E-state index is 10.8. The van der Waals surface area contributed by atoms with Gasteiger partial charge in [-0.15, -0.1) is 0 Å². The van der Waals surface area contributed by atoms with Gasteiger partial charge in [0.2, 0.25) is 0 Å². The lowest BCUT2D eigenvalue weighted by atomic mass is 10.1. The molecule has 0 spiro atoms.